The predicted molar refractivity (Wildman–Crippen MR) is 392 cm³/mol. The van der Waals surface area contributed by atoms with E-state index in [4.69, 9.17) is 16.6 Å². The molecule has 14 atom stereocenters. The molecule has 33 nitrogen and oxygen atoms in total. The van der Waals surface area contributed by atoms with Crippen molar-refractivity contribution in [3.05, 3.63) is 107 Å². The van der Waals surface area contributed by atoms with Crippen molar-refractivity contribution >= 4 is 76.3 Å². The minimum atomic E-state index is -1.90. The maximum atomic E-state index is 14.7. The fraction of sp³-hybridized carbons (Fsp3) is 0.581. The molecule has 3 fully saturated rings. The predicted octanol–water partition coefficient (Wildman–Crippen LogP) is -3.04. The van der Waals surface area contributed by atoms with Gasteiger partial charge in [-0.15, -0.1) is 0 Å². The average molecular weight is 1500 g/mol. The van der Waals surface area contributed by atoms with E-state index < -0.39 is 182 Å². The summed E-state index contributed by atoms with van der Waals surface area (Å²) in [7, 11) is 0. The molecule has 8 amide bonds. The molecule has 33 heteroatoms. The number of guanidine groups is 1. The number of anilines is 1. The Morgan fingerprint density at radius 1 is 0.692 bits per heavy atom. The first kappa shape index (κ1) is 85.2. The Labute approximate surface area is 621 Å². The number of unbranched alkanes of at least 4 members (excludes halogenated alkanes) is 2. The Bertz CT molecular complexity index is 3720. The number of hydrogen-bond acceptors (Lipinski definition) is 21. The van der Waals surface area contributed by atoms with Crippen LogP contribution in [-0.2, 0) is 44.4 Å². The highest BCUT2D eigenvalue weighted by molar-refractivity contribution is 6.05. The fourth-order valence-electron chi connectivity index (χ4n) is 14.2. The van der Waals surface area contributed by atoms with E-state index in [2.05, 4.69) is 79.4 Å². The highest BCUT2D eigenvalue weighted by Gasteiger charge is 2.52. The lowest BCUT2D eigenvalue weighted by atomic mass is 9.80. The van der Waals surface area contributed by atoms with Crippen LogP contribution in [0.5, 0.6) is 0 Å². The van der Waals surface area contributed by atoms with Gasteiger partial charge in [0.2, 0.25) is 41.1 Å². The second-order valence-corrected chi connectivity index (χ2v) is 29.3. The summed E-state index contributed by atoms with van der Waals surface area (Å²) in [5.41, 5.74) is 15.3. The zero-order valence-electron chi connectivity index (χ0n) is 61.3. The van der Waals surface area contributed by atoms with Crippen LogP contribution in [0.3, 0.4) is 0 Å². The fourth-order valence-corrected chi connectivity index (χ4v) is 14.2. The van der Waals surface area contributed by atoms with Gasteiger partial charge in [0.05, 0.1) is 43.8 Å². The molecule has 2 aromatic rings. The SMILES string of the molecule is CC(C)CCN1C(=CC=CC=CC=CC2=[N+](CCCCCC(=O)NC[C@@H]3C[C@@H]4CC[C@H]5C(=O)N[C@@H](CCCN=C(N)N)C(=O)NCC(=O)N[C@@H](CC(=O)O)C(=O)N[C@H]3C(=O)N45)c3ccc(C(=O)NCC(O)C(O)C(O)C(O)CO)cc3C2(C)C)C(C)(C)c2cc(C(=O)NCC(O)C(O)C(O)C(O)CO)ccc21. The minimum absolute atomic E-state index is 0.0384. The topological polar surface area (TPSA) is 534 Å². The molecule has 5 aliphatic heterocycles. The molecular formula is C74H108N13O20+. The number of nitrogens with two attached hydrogens (primary N) is 2. The van der Waals surface area contributed by atoms with Crippen LogP contribution in [0.15, 0.2) is 89.6 Å². The molecule has 0 spiro atoms. The van der Waals surface area contributed by atoms with Crippen molar-refractivity contribution in [1.29, 1.82) is 0 Å². The van der Waals surface area contributed by atoms with Crippen LogP contribution in [-0.4, -0.2) is 269 Å². The molecule has 0 radical (unpaired) electrons. The summed E-state index contributed by atoms with van der Waals surface area (Å²) in [6, 6.07) is 4.64. The number of rotatable bonds is 35. The summed E-state index contributed by atoms with van der Waals surface area (Å²) in [6.07, 6.45) is 1.79. The number of fused-ring (bicyclic) bond motifs is 3. The van der Waals surface area contributed by atoms with Crippen LogP contribution in [0.25, 0.3) is 0 Å². The lowest BCUT2D eigenvalue weighted by molar-refractivity contribution is -0.438. The van der Waals surface area contributed by atoms with E-state index in [1.165, 1.54) is 4.90 Å². The largest absolute Gasteiger partial charge is 0.481 e. The Morgan fingerprint density at radius 2 is 1.30 bits per heavy atom. The van der Waals surface area contributed by atoms with Crippen molar-refractivity contribution in [2.75, 3.05) is 63.9 Å². The van der Waals surface area contributed by atoms with Crippen molar-refractivity contribution in [2.45, 2.75) is 202 Å². The maximum absolute atomic E-state index is 14.7. The van der Waals surface area contributed by atoms with Gasteiger partial charge in [-0.2, -0.15) is 4.58 Å². The average Bonchev–Trinajstić information content (AvgIpc) is 1.69. The van der Waals surface area contributed by atoms with Crippen molar-refractivity contribution in [3.63, 3.8) is 0 Å². The summed E-state index contributed by atoms with van der Waals surface area (Å²) < 4.78 is 2.13. The smallest absolute Gasteiger partial charge is 0.305 e. The van der Waals surface area contributed by atoms with Gasteiger partial charge in [-0.05, 0) is 113 Å². The summed E-state index contributed by atoms with van der Waals surface area (Å²) in [5, 5.41) is 128. The third kappa shape index (κ3) is 21.9. The number of nitrogens with one attached hydrogen (secondary N) is 7. The van der Waals surface area contributed by atoms with E-state index in [1.807, 2.05) is 62.4 Å². The first-order valence-electron chi connectivity index (χ1n) is 36.3. The number of aliphatic imine (C=N–C) groups is 1. The van der Waals surface area contributed by atoms with Crippen LogP contribution in [0.4, 0.5) is 11.4 Å². The van der Waals surface area contributed by atoms with E-state index in [0.29, 0.717) is 50.3 Å². The number of aliphatic hydroxyl groups is 10. The lowest BCUT2D eigenvalue weighted by Gasteiger charge is -2.42. The molecular weight excluding hydrogens is 1390 g/mol. The van der Waals surface area contributed by atoms with Gasteiger partial charge in [-0.1, -0.05) is 58.1 Å². The van der Waals surface area contributed by atoms with E-state index in [1.54, 1.807) is 30.3 Å². The normalized spacial score (nSPS) is 23.4. The molecule has 0 aromatic heterocycles. The molecule has 0 saturated carbocycles. The first-order valence-corrected chi connectivity index (χ1v) is 36.3. The Balaban J connectivity index is 1.06. The second kappa shape index (κ2) is 38.7. The zero-order chi connectivity index (χ0) is 78.8. The Hall–Kier alpha value is -9.03. The van der Waals surface area contributed by atoms with Crippen LogP contribution < -0.4 is 53.6 Å². The Morgan fingerprint density at radius 3 is 1.92 bits per heavy atom. The number of aliphatic carboxylic acids is 1. The van der Waals surface area contributed by atoms with Crippen LogP contribution in [0.1, 0.15) is 144 Å². The van der Waals surface area contributed by atoms with Gasteiger partial charge in [0.1, 0.15) is 67.3 Å². The number of piperidine rings is 1. The van der Waals surface area contributed by atoms with Crippen molar-refractivity contribution in [2.24, 2.45) is 28.3 Å². The number of hydrogen-bond donors (Lipinski definition) is 20. The Kier molecular flexibility index (Phi) is 30.8. The number of benzene rings is 2. The van der Waals surface area contributed by atoms with Crippen molar-refractivity contribution in [1.82, 2.24) is 42.1 Å². The van der Waals surface area contributed by atoms with Gasteiger partial charge in [0.15, 0.2) is 11.7 Å². The highest BCUT2D eigenvalue weighted by atomic mass is 16.4. The van der Waals surface area contributed by atoms with Gasteiger partial charge < -0.3 is 115 Å². The van der Waals surface area contributed by atoms with Gasteiger partial charge in [0.25, 0.3) is 11.8 Å². The molecule has 0 aliphatic carbocycles. The quantitative estimate of drug-likeness (QED) is 0.0107. The van der Waals surface area contributed by atoms with E-state index >= 15 is 0 Å². The number of carboxylic acids is 1. The zero-order valence-corrected chi connectivity index (χ0v) is 61.3. The number of allylic oxidation sites excluding steroid dienone is 8. The van der Waals surface area contributed by atoms with Gasteiger partial charge in [-0.25, -0.2) is 0 Å². The van der Waals surface area contributed by atoms with Gasteiger partial charge in [0, 0.05) is 103 Å². The molecule has 3 saturated heterocycles. The lowest BCUT2D eigenvalue weighted by Crippen LogP contribution is -2.65. The standard InChI is InChI=1S/C74H107N13O20/c1-40(2)26-29-86-50-24-21-42(67(103)80-36-53(91)63(99)65(101)55(93)39-89)32-46(50)74(5,6)57(86)18-12-9-7-8-11-17-56-73(3,4)45-31-41(66(102)79-35-52(90)62(98)64(100)54(92)38-88)20-23-49(45)85(56)28-14-10-13-19-58(94)78-34-43-30-44-22-25-51-70(106)83-47(16-15-27-77-72(75)76)68(104)81-37-59(95)82-48(33-60(96)97)69(105)84-61(43)71(107)87(44)51/h7-9,11-12,17-18,20-21,23-24,31-32,40,43-44,47-48,51-55,61-65,88-93,98-101H,10,13-16,19,22,25-30,33-39H2,1-6H3,(H11-,75,76,77,78,79,80,81,82,83,84,94,95,96,97,102,103,104,105,106)/p+1/t43-,44-,47-,48-,51-,52?,53?,54?,55?,61+,62?,63?,64?,65?/m0/s1. The molecule has 5 aliphatic rings. The molecule has 2 bridgehead atoms. The van der Waals surface area contributed by atoms with Gasteiger partial charge >= 0.3 is 5.97 Å². The minimum Gasteiger partial charge on any atom is -0.481 e. The number of nitrogens with zero attached hydrogens (tertiary/aromatic N) is 4. The molecule has 22 N–H and O–H groups in total. The summed E-state index contributed by atoms with van der Waals surface area (Å²) >= 11 is 0. The van der Waals surface area contributed by atoms with E-state index in [0.717, 1.165) is 40.3 Å². The highest BCUT2D eigenvalue weighted by Crippen LogP contribution is 2.49. The van der Waals surface area contributed by atoms with Gasteiger partial charge in [-0.3, -0.25) is 48.1 Å². The first-order chi connectivity index (χ1) is 50.6. The van der Waals surface area contributed by atoms with Crippen LogP contribution in [0, 0.1) is 11.8 Å². The van der Waals surface area contributed by atoms with Crippen LogP contribution in [0.2, 0.25) is 0 Å². The number of carboxylic acid groups (broad SMARTS) is 1. The molecule has 7 rings (SSSR count). The molecule has 2 aromatic carbocycles. The number of carbonyl (C=O) groups is 9. The third-order valence-electron chi connectivity index (χ3n) is 20.3. The monoisotopic (exact) mass is 1500 g/mol. The molecule has 8 unspecified atom stereocenters. The summed E-state index contributed by atoms with van der Waals surface area (Å²) in [6.45, 7) is 10.2. The van der Waals surface area contributed by atoms with E-state index in [9.17, 15) is 94.2 Å². The summed E-state index contributed by atoms with van der Waals surface area (Å²) in [4.78, 5) is 130. The third-order valence-corrected chi connectivity index (χ3v) is 20.3. The number of carbonyl (C=O) groups excluding carboxylic acids is 8. The maximum Gasteiger partial charge on any atom is 0.305 e. The van der Waals surface area contributed by atoms with Crippen LogP contribution >= 0.6 is 0 Å². The molecule has 5 heterocycles. The number of amides is 8. The van der Waals surface area contributed by atoms with Crippen molar-refractivity contribution < 1.29 is 104 Å². The second-order valence-electron chi connectivity index (χ2n) is 29.3. The number of aliphatic hydroxyl groups excluding tert-OH is 10. The molecule has 588 valence electrons. The van der Waals surface area contributed by atoms with E-state index in [-0.39, 0.29) is 62.6 Å². The molecule has 107 heavy (non-hydrogen) atoms. The summed E-state index contributed by atoms with van der Waals surface area (Å²) in [5.74, 6) is -7.49. The van der Waals surface area contributed by atoms with Crippen molar-refractivity contribution in [3.8, 4) is 0 Å².